The van der Waals surface area contributed by atoms with E-state index in [4.69, 9.17) is 10.00 Å². The number of morpholine rings is 1. The quantitative estimate of drug-likeness (QED) is 0.742. The molecule has 0 amide bonds. The minimum Gasteiger partial charge on any atom is -0.378 e. The van der Waals surface area contributed by atoms with Crippen molar-refractivity contribution in [3.05, 3.63) is 47.7 Å². The lowest BCUT2D eigenvalue weighted by molar-refractivity contribution is 0.0557. The molecule has 1 heterocycles. The van der Waals surface area contributed by atoms with E-state index in [1.165, 1.54) is 5.56 Å². The molecule has 3 nitrogen and oxygen atoms in total. The highest BCUT2D eigenvalue weighted by Gasteiger charge is 2.12. The zero-order valence-electron chi connectivity index (χ0n) is 9.80. The van der Waals surface area contributed by atoms with Gasteiger partial charge in [-0.2, -0.15) is 5.26 Å². The molecule has 0 aromatic heterocycles. The van der Waals surface area contributed by atoms with Crippen molar-refractivity contribution < 1.29 is 4.74 Å². The number of benzene rings is 1. The summed E-state index contributed by atoms with van der Waals surface area (Å²) < 4.78 is 5.28. The molecule has 17 heavy (non-hydrogen) atoms. The lowest BCUT2D eigenvalue weighted by Gasteiger charge is -2.27. The van der Waals surface area contributed by atoms with E-state index in [2.05, 4.69) is 23.1 Å². The van der Waals surface area contributed by atoms with Crippen molar-refractivity contribution in [1.82, 2.24) is 4.90 Å². The summed E-state index contributed by atoms with van der Waals surface area (Å²) in [6, 6.07) is 12.5. The minimum absolute atomic E-state index is 0.713. The van der Waals surface area contributed by atoms with Crippen molar-refractivity contribution in [3.63, 3.8) is 0 Å². The van der Waals surface area contributed by atoms with E-state index < -0.39 is 0 Å². The minimum atomic E-state index is 0.713. The molecular formula is C14H16N2O. The van der Waals surface area contributed by atoms with Gasteiger partial charge < -0.3 is 9.64 Å². The van der Waals surface area contributed by atoms with Crippen LogP contribution in [0.4, 0.5) is 0 Å². The Balaban J connectivity index is 2.00. The second-order valence-corrected chi connectivity index (χ2v) is 3.99. The monoisotopic (exact) mass is 228 g/mol. The van der Waals surface area contributed by atoms with E-state index in [0.29, 0.717) is 13.2 Å². The summed E-state index contributed by atoms with van der Waals surface area (Å²) in [4.78, 5) is 2.09. The molecular weight excluding hydrogens is 212 g/mol. The van der Waals surface area contributed by atoms with Gasteiger partial charge in [0.15, 0.2) is 0 Å². The lowest BCUT2D eigenvalue weighted by Crippen LogP contribution is -2.35. The van der Waals surface area contributed by atoms with Crippen LogP contribution in [0.15, 0.2) is 42.1 Å². The first kappa shape index (κ1) is 11.7. The molecule has 0 unspecified atom stereocenters. The SMILES string of the molecule is N#C/C(=C\Cc1ccccc1)N1CCOCC1. The Morgan fingerprint density at radius 2 is 2.00 bits per heavy atom. The molecule has 0 aliphatic carbocycles. The number of hydrogen-bond donors (Lipinski definition) is 0. The Bertz CT molecular complexity index is 414. The highest BCUT2D eigenvalue weighted by atomic mass is 16.5. The largest absolute Gasteiger partial charge is 0.378 e. The molecule has 0 saturated carbocycles. The first-order valence-corrected chi connectivity index (χ1v) is 5.87. The summed E-state index contributed by atoms with van der Waals surface area (Å²) in [6.45, 7) is 3.05. The predicted octanol–water partition coefficient (Wildman–Crippen LogP) is 1.97. The van der Waals surface area contributed by atoms with Gasteiger partial charge in [0.25, 0.3) is 0 Å². The number of rotatable bonds is 3. The normalized spacial score (nSPS) is 16.6. The molecule has 1 aromatic rings. The van der Waals surface area contributed by atoms with E-state index in [-0.39, 0.29) is 0 Å². The van der Waals surface area contributed by atoms with E-state index in [1.54, 1.807) is 0 Å². The molecule has 0 bridgehead atoms. The summed E-state index contributed by atoms with van der Waals surface area (Å²) in [5, 5.41) is 9.16. The molecule has 0 radical (unpaired) electrons. The van der Waals surface area contributed by atoms with Crippen molar-refractivity contribution in [2.24, 2.45) is 0 Å². The molecule has 0 atom stereocenters. The summed E-state index contributed by atoms with van der Waals surface area (Å²) >= 11 is 0. The van der Waals surface area contributed by atoms with Crippen LogP contribution in [0.2, 0.25) is 0 Å². The van der Waals surface area contributed by atoms with Crippen LogP contribution < -0.4 is 0 Å². The molecule has 1 aromatic carbocycles. The maximum atomic E-state index is 9.16. The molecule has 1 saturated heterocycles. The second kappa shape index (κ2) is 6.07. The van der Waals surface area contributed by atoms with E-state index in [9.17, 15) is 0 Å². The molecule has 0 N–H and O–H groups in total. The van der Waals surface area contributed by atoms with Gasteiger partial charge in [-0.3, -0.25) is 0 Å². The first-order chi connectivity index (χ1) is 8.40. The van der Waals surface area contributed by atoms with Crippen molar-refractivity contribution in [3.8, 4) is 6.07 Å². The summed E-state index contributed by atoms with van der Waals surface area (Å²) in [5.74, 6) is 0. The smallest absolute Gasteiger partial charge is 0.117 e. The Morgan fingerprint density at radius 1 is 1.29 bits per heavy atom. The van der Waals surface area contributed by atoms with Crippen LogP contribution in [0.3, 0.4) is 0 Å². The first-order valence-electron chi connectivity index (χ1n) is 5.87. The fourth-order valence-corrected chi connectivity index (χ4v) is 1.88. The Kier molecular flexibility index (Phi) is 4.17. The zero-order valence-corrected chi connectivity index (χ0v) is 9.80. The molecule has 88 valence electrons. The maximum Gasteiger partial charge on any atom is 0.117 e. The highest BCUT2D eigenvalue weighted by molar-refractivity contribution is 5.25. The summed E-state index contributed by atoms with van der Waals surface area (Å²) in [7, 11) is 0. The fraction of sp³-hybridized carbons (Fsp3) is 0.357. The van der Waals surface area contributed by atoms with Gasteiger partial charge in [-0.05, 0) is 18.1 Å². The van der Waals surface area contributed by atoms with Crippen LogP contribution in [0.1, 0.15) is 5.56 Å². The average Bonchev–Trinajstić information content (AvgIpc) is 2.42. The second-order valence-electron chi connectivity index (χ2n) is 3.99. The van der Waals surface area contributed by atoms with Crippen molar-refractivity contribution in [2.75, 3.05) is 26.3 Å². The van der Waals surface area contributed by atoms with Crippen molar-refractivity contribution >= 4 is 0 Å². The third-order valence-corrected chi connectivity index (χ3v) is 2.84. The summed E-state index contributed by atoms with van der Waals surface area (Å²) in [5.41, 5.74) is 1.99. The van der Waals surface area contributed by atoms with Crippen LogP contribution in [0.25, 0.3) is 0 Å². The van der Waals surface area contributed by atoms with Gasteiger partial charge in [0.2, 0.25) is 0 Å². The summed E-state index contributed by atoms with van der Waals surface area (Å²) in [6.07, 6.45) is 2.81. The Labute approximate surface area is 102 Å². The van der Waals surface area contributed by atoms with Gasteiger partial charge in [0, 0.05) is 13.1 Å². The molecule has 1 aliphatic heterocycles. The molecule has 3 heteroatoms. The molecule has 1 aliphatic rings. The van der Waals surface area contributed by atoms with Gasteiger partial charge in [-0.15, -0.1) is 0 Å². The van der Waals surface area contributed by atoms with Gasteiger partial charge in [-0.1, -0.05) is 30.3 Å². The van der Waals surface area contributed by atoms with Gasteiger partial charge in [0.05, 0.1) is 13.2 Å². The third kappa shape index (κ3) is 3.33. The van der Waals surface area contributed by atoms with E-state index >= 15 is 0 Å². The Hall–Kier alpha value is -1.79. The fourth-order valence-electron chi connectivity index (χ4n) is 1.88. The van der Waals surface area contributed by atoms with Crippen LogP contribution in [-0.4, -0.2) is 31.2 Å². The standard InChI is InChI=1S/C14H16N2O/c15-12-14(16-8-10-17-11-9-16)7-6-13-4-2-1-3-5-13/h1-5,7H,6,8-11H2/b14-7+. The number of hydrogen-bond acceptors (Lipinski definition) is 3. The van der Waals surface area contributed by atoms with Crippen LogP contribution in [-0.2, 0) is 11.2 Å². The maximum absolute atomic E-state index is 9.16. The predicted molar refractivity (Wildman–Crippen MR) is 66.2 cm³/mol. The zero-order chi connectivity index (χ0) is 11.9. The van der Waals surface area contributed by atoms with Crippen LogP contribution in [0.5, 0.6) is 0 Å². The number of ether oxygens (including phenoxy) is 1. The molecule has 0 spiro atoms. The van der Waals surface area contributed by atoms with Crippen molar-refractivity contribution in [2.45, 2.75) is 6.42 Å². The van der Waals surface area contributed by atoms with Gasteiger partial charge in [-0.25, -0.2) is 0 Å². The third-order valence-electron chi connectivity index (χ3n) is 2.84. The number of nitrogens with zero attached hydrogens (tertiary/aromatic N) is 2. The van der Waals surface area contributed by atoms with Gasteiger partial charge in [0.1, 0.15) is 11.8 Å². The van der Waals surface area contributed by atoms with Crippen LogP contribution >= 0.6 is 0 Å². The van der Waals surface area contributed by atoms with E-state index in [0.717, 1.165) is 25.2 Å². The van der Waals surface area contributed by atoms with Crippen LogP contribution in [0, 0.1) is 11.3 Å². The Morgan fingerprint density at radius 3 is 2.65 bits per heavy atom. The molecule has 1 fully saturated rings. The average molecular weight is 228 g/mol. The number of nitriles is 1. The highest BCUT2D eigenvalue weighted by Crippen LogP contribution is 2.09. The molecule has 2 rings (SSSR count). The van der Waals surface area contributed by atoms with Crippen molar-refractivity contribution in [1.29, 1.82) is 5.26 Å². The van der Waals surface area contributed by atoms with Gasteiger partial charge >= 0.3 is 0 Å². The number of allylic oxidation sites excluding steroid dienone is 2. The lowest BCUT2D eigenvalue weighted by atomic mass is 10.1. The topological polar surface area (TPSA) is 36.3 Å². The van der Waals surface area contributed by atoms with E-state index in [1.807, 2.05) is 24.3 Å².